The number of benzene rings is 3. The maximum Gasteiger partial charge on any atom is 0.416 e. The lowest BCUT2D eigenvalue weighted by Gasteiger charge is -2.23. The monoisotopic (exact) mass is 828 g/mol. The Morgan fingerprint density at radius 1 is 0.686 bits per heavy atom. The Morgan fingerprint density at radius 2 is 1.12 bits per heavy atom. The van der Waals surface area contributed by atoms with Crippen LogP contribution < -0.4 is 5.32 Å². The average molecular weight is 830 g/mol. The van der Waals surface area contributed by atoms with Gasteiger partial charge in [-0.1, -0.05) is 27.5 Å². The second-order valence-corrected chi connectivity index (χ2v) is 12.6. The Labute approximate surface area is 293 Å². The van der Waals surface area contributed by atoms with Crippen LogP contribution in [0.5, 0.6) is 0 Å². The SMILES string of the molecule is C[C@@H]1NC(=O)O[C@@H]1c1cc(C(F)(F)F)cc(C(F)(F)F)c1.C[C@H]1[C@@H](c2cc(C(F)(F)F)cc(C(F)(F)F)c2)OC(=O)N1Cc1cc(Cl)ccc1Br. The molecule has 4 atom stereocenters. The molecule has 0 spiro atoms. The minimum absolute atomic E-state index is 0.00271. The number of rotatable bonds is 4. The number of nitrogens with one attached hydrogen (secondary N) is 1. The van der Waals surface area contributed by atoms with Crippen molar-refractivity contribution < 1.29 is 71.7 Å². The molecule has 6 nitrogen and oxygen atoms in total. The summed E-state index contributed by atoms with van der Waals surface area (Å²) in [6.07, 6.45) is -24.1. The molecule has 1 N–H and O–H groups in total. The van der Waals surface area contributed by atoms with Crippen molar-refractivity contribution in [2.45, 2.75) is 69.4 Å². The predicted octanol–water partition coefficient (Wildman–Crippen LogP) is 11.1. The quantitative estimate of drug-likeness (QED) is 0.266. The van der Waals surface area contributed by atoms with Gasteiger partial charge in [0, 0.05) is 9.50 Å². The Balaban J connectivity index is 0.000000244. The lowest BCUT2D eigenvalue weighted by molar-refractivity contribution is -0.144. The van der Waals surface area contributed by atoms with Crippen molar-refractivity contribution in [1.29, 1.82) is 0 Å². The average Bonchev–Trinajstić information content (AvgIpc) is 3.49. The van der Waals surface area contributed by atoms with E-state index >= 15 is 0 Å². The molecule has 0 radical (unpaired) electrons. The van der Waals surface area contributed by atoms with Gasteiger partial charge in [0.05, 0.1) is 40.9 Å². The molecule has 2 aliphatic rings. The first-order valence-corrected chi connectivity index (χ1v) is 15.4. The maximum atomic E-state index is 13.1. The van der Waals surface area contributed by atoms with Crippen LogP contribution in [0.25, 0.3) is 0 Å². The number of nitrogens with zero attached hydrogens (tertiary/aromatic N) is 1. The molecule has 278 valence electrons. The van der Waals surface area contributed by atoms with Crippen LogP contribution in [-0.4, -0.2) is 29.2 Å². The molecule has 2 amide bonds. The van der Waals surface area contributed by atoms with E-state index in [0.717, 1.165) is 0 Å². The molecule has 2 fully saturated rings. The molecule has 0 aromatic heterocycles. The summed E-state index contributed by atoms with van der Waals surface area (Å²) in [4.78, 5) is 24.6. The van der Waals surface area contributed by atoms with E-state index in [4.69, 9.17) is 21.1 Å². The Bertz CT molecular complexity index is 1730. The van der Waals surface area contributed by atoms with Crippen molar-refractivity contribution in [2.24, 2.45) is 0 Å². The molecule has 20 heteroatoms. The molecule has 0 aliphatic carbocycles. The van der Waals surface area contributed by atoms with Gasteiger partial charge in [0.15, 0.2) is 0 Å². The van der Waals surface area contributed by atoms with Gasteiger partial charge >= 0.3 is 36.9 Å². The second-order valence-electron chi connectivity index (χ2n) is 11.3. The molecule has 0 bridgehead atoms. The topological polar surface area (TPSA) is 67.9 Å². The normalized spacial score (nSPS) is 21.1. The highest BCUT2D eigenvalue weighted by Crippen LogP contribution is 2.42. The van der Waals surface area contributed by atoms with E-state index in [-0.39, 0.29) is 29.8 Å². The maximum absolute atomic E-state index is 13.1. The number of hydrogen-bond acceptors (Lipinski definition) is 4. The van der Waals surface area contributed by atoms with Gasteiger partial charge in [-0.3, -0.25) is 4.90 Å². The van der Waals surface area contributed by atoms with Crippen molar-refractivity contribution in [2.75, 3.05) is 0 Å². The number of alkyl carbamates (subject to hydrolysis) is 1. The summed E-state index contributed by atoms with van der Waals surface area (Å²) < 4.78 is 166. The Kier molecular flexibility index (Phi) is 11.2. The van der Waals surface area contributed by atoms with Gasteiger partial charge in [-0.2, -0.15) is 52.7 Å². The fourth-order valence-corrected chi connectivity index (χ4v) is 5.73. The minimum atomic E-state index is -4.99. The van der Waals surface area contributed by atoms with E-state index in [1.54, 1.807) is 18.2 Å². The molecule has 2 heterocycles. The first-order chi connectivity index (χ1) is 23.3. The van der Waals surface area contributed by atoms with Gasteiger partial charge < -0.3 is 14.8 Å². The van der Waals surface area contributed by atoms with Gasteiger partial charge in [-0.05, 0) is 85.1 Å². The van der Waals surface area contributed by atoms with E-state index in [1.165, 1.54) is 18.7 Å². The Hall–Kier alpha value is -3.87. The number of amides is 2. The largest absolute Gasteiger partial charge is 0.439 e. The predicted molar refractivity (Wildman–Crippen MR) is 158 cm³/mol. The number of cyclic esters (lactones) is 2. The fraction of sp³-hybridized carbons (Fsp3) is 0.355. The molecular formula is C31H22BrClF12N2O4. The molecule has 2 saturated heterocycles. The summed E-state index contributed by atoms with van der Waals surface area (Å²) >= 11 is 9.26. The lowest BCUT2D eigenvalue weighted by atomic mass is 9.97. The highest BCUT2D eigenvalue weighted by molar-refractivity contribution is 9.10. The smallest absolute Gasteiger partial charge is 0.416 e. The summed E-state index contributed by atoms with van der Waals surface area (Å²) in [7, 11) is 0. The third-order valence-electron chi connectivity index (χ3n) is 7.65. The standard InChI is InChI=1S/C19H13BrClF6NO2.C12H9F6NO2/c1-9-16(10-4-12(18(22,23)24)7-13(5-10)19(25,26)27)30-17(29)28(9)8-11-6-14(21)2-3-15(11)20;1-5-9(21-10(20)19-5)6-2-7(11(13,14)15)4-8(3-6)12(16,17)18/h2-7,9,16H,8H2,1H3;2-5,9H,1H3,(H,19,20)/t9-,16-;5-,9-/m00/s1. The first-order valence-electron chi connectivity index (χ1n) is 14.2. The van der Waals surface area contributed by atoms with Crippen LogP contribution in [0.1, 0.15) is 65.0 Å². The van der Waals surface area contributed by atoms with Crippen molar-refractivity contribution >= 4 is 39.7 Å². The second kappa shape index (κ2) is 14.3. The van der Waals surface area contributed by atoms with E-state index in [9.17, 15) is 62.3 Å². The van der Waals surface area contributed by atoms with E-state index in [0.29, 0.717) is 39.3 Å². The van der Waals surface area contributed by atoms with Crippen molar-refractivity contribution in [1.82, 2.24) is 10.2 Å². The zero-order valence-electron chi connectivity index (χ0n) is 25.6. The van der Waals surface area contributed by atoms with Crippen LogP contribution in [0, 0.1) is 0 Å². The van der Waals surface area contributed by atoms with Gasteiger partial charge in [-0.15, -0.1) is 0 Å². The van der Waals surface area contributed by atoms with Gasteiger partial charge in [0.25, 0.3) is 0 Å². The summed E-state index contributed by atoms with van der Waals surface area (Å²) in [5.41, 5.74) is -5.95. The molecule has 0 saturated carbocycles. The van der Waals surface area contributed by atoms with Crippen LogP contribution >= 0.6 is 27.5 Å². The van der Waals surface area contributed by atoms with Gasteiger partial charge in [0.2, 0.25) is 0 Å². The fourth-order valence-electron chi connectivity index (χ4n) is 5.16. The van der Waals surface area contributed by atoms with Gasteiger partial charge in [0.1, 0.15) is 12.2 Å². The number of carbonyl (C=O) groups excluding carboxylic acids is 2. The minimum Gasteiger partial charge on any atom is -0.439 e. The molecule has 5 rings (SSSR count). The zero-order chi connectivity index (χ0) is 38.4. The van der Waals surface area contributed by atoms with Crippen LogP contribution in [-0.2, 0) is 40.7 Å². The summed E-state index contributed by atoms with van der Waals surface area (Å²) in [5.74, 6) is 0. The third kappa shape index (κ3) is 9.52. The molecule has 3 aromatic rings. The number of alkyl halides is 12. The number of hydrogen-bond donors (Lipinski definition) is 1. The molecular weight excluding hydrogens is 808 g/mol. The summed E-state index contributed by atoms with van der Waals surface area (Å²) in [6.45, 7) is 2.91. The number of halogens is 14. The summed E-state index contributed by atoms with van der Waals surface area (Å²) in [6, 6.07) is 5.61. The highest BCUT2D eigenvalue weighted by Gasteiger charge is 2.44. The first kappa shape index (κ1) is 39.9. The zero-order valence-corrected chi connectivity index (χ0v) is 27.9. The lowest BCUT2D eigenvalue weighted by Crippen LogP contribution is -2.31. The molecule has 0 unspecified atom stereocenters. The third-order valence-corrected chi connectivity index (χ3v) is 8.66. The summed E-state index contributed by atoms with van der Waals surface area (Å²) in [5, 5.41) is 2.66. The Morgan fingerprint density at radius 3 is 1.51 bits per heavy atom. The van der Waals surface area contributed by atoms with E-state index in [1.807, 2.05) is 0 Å². The van der Waals surface area contributed by atoms with Crippen LogP contribution in [0.4, 0.5) is 62.3 Å². The van der Waals surface area contributed by atoms with E-state index in [2.05, 4.69) is 21.2 Å². The highest BCUT2D eigenvalue weighted by atomic mass is 79.9. The van der Waals surface area contributed by atoms with E-state index < -0.39 is 83.4 Å². The number of ether oxygens (including phenoxy) is 2. The van der Waals surface area contributed by atoms with Crippen LogP contribution in [0.3, 0.4) is 0 Å². The molecule has 51 heavy (non-hydrogen) atoms. The van der Waals surface area contributed by atoms with Crippen molar-refractivity contribution in [3.63, 3.8) is 0 Å². The molecule has 3 aromatic carbocycles. The van der Waals surface area contributed by atoms with Gasteiger partial charge in [-0.25, -0.2) is 9.59 Å². The van der Waals surface area contributed by atoms with Crippen molar-refractivity contribution in [3.05, 3.63) is 103 Å². The van der Waals surface area contributed by atoms with Crippen molar-refractivity contribution in [3.8, 4) is 0 Å². The number of carbonyl (C=O) groups is 2. The molecule has 2 aliphatic heterocycles. The van der Waals surface area contributed by atoms with Crippen LogP contribution in [0.15, 0.2) is 59.1 Å². The van der Waals surface area contributed by atoms with Crippen LogP contribution in [0.2, 0.25) is 5.02 Å².